The topological polar surface area (TPSA) is 78.9 Å². The van der Waals surface area contributed by atoms with Gasteiger partial charge in [-0.25, -0.2) is 0 Å². The Hall–Kier alpha value is -3.41. The Kier molecular flexibility index (Phi) is 56.3. The fourth-order valence-electron chi connectivity index (χ4n) is 8.34. The molecule has 0 aliphatic heterocycles. The molecular weight excluding hydrogens is 877 g/mol. The highest BCUT2D eigenvalue weighted by Crippen LogP contribution is 2.15. The molecular formula is C65H112O6. The molecule has 0 saturated carbocycles. The Balaban J connectivity index is 4.43. The van der Waals surface area contributed by atoms with Gasteiger partial charge in [0, 0.05) is 19.3 Å². The molecule has 6 nitrogen and oxygen atoms in total. The zero-order valence-electron chi connectivity index (χ0n) is 46.7. The number of carbonyl (C=O) groups is 3. The lowest BCUT2D eigenvalue weighted by atomic mass is 10.1. The molecule has 0 N–H and O–H groups in total. The minimum atomic E-state index is -0.794. The Morgan fingerprint density at radius 2 is 0.549 bits per heavy atom. The third-order valence-electron chi connectivity index (χ3n) is 12.9. The highest BCUT2D eigenvalue weighted by Gasteiger charge is 2.19. The molecule has 0 aliphatic carbocycles. The van der Waals surface area contributed by atoms with Gasteiger partial charge in [-0.05, 0) is 116 Å². The number of rotatable bonds is 54. The smallest absolute Gasteiger partial charge is 0.306 e. The van der Waals surface area contributed by atoms with Crippen LogP contribution in [0.4, 0.5) is 0 Å². The fourth-order valence-corrected chi connectivity index (χ4v) is 8.34. The van der Waals surface area contributed by atoms with E-state index >= 15 is 0 Å². The van der Waals surface area contributed by atoms with Crippen LogP contribution in [-0.4, -0.2) is 37.2 Å². The van der Waals surface area contributed by atoms with Crippen molar-refractivity contribution in [1.82, 2.24) is 0 Å². The van der Waals surface area contributed by atoms with Crippen LogP contribution in [0.3, 0.4) is 0 Å². The zero-order valence-corrected chi connectivity index (χ0v) is 46.7. The van der Waals surface area contributed by atoms with Crippen molar-refractivity contribution in [2.45, 2.75) is 297 Å². The predicted molar refractivity (Wildman–Crippen MR) is 307 cm³/mol. The first-order valence-electron chi connectivity index (χ1n) is 30.1. The monoisotopic (exact) mass is 989 g/mol. The third-order valence-corrected chi connectivity index (χ3v) is 12.9. The summed E-state index contributed by atoms with van der Waals surface area (Å²) in [6.07, 6.45) is 77.1. The van der Waals surface area contributed by atoms with Crippen LogP contribution in [0.1, 0.15) is 290 Å². The van der Waals surface area contributed by atoms with E-state index in [1.165, 1.54) is 148 Å². The lowest BCUT2D eigenvalue weighted by Crippen LogP contribution is -2.30. The van der Waals surface area contributed by atoms with Gasteiger partial charge < -0.3 is 14.2 Å². The number of esters is 3. The number of ether oxygens (including phenoxy) is 3. The quantitative estimate of drug-likeness (QED) is 0.0261. The van der Waals surface area contributed by atoms with E-state index in [0.717, 1.165) is 103 Å². The molecule has 0 saturated heterocycles. The summed E-state index contributed by atoms with van der Waals surface area (Å²) in [7, 11) is 0. The number of unbranched alkanes of at least 4 members (excludes halogenated alkanes) is 29. The maximum Gasteiger partial charge on any atom is 0.306 e. The number of hydrogen-bond acceptors (Lipinski definition) is 6. The van der Waals surface area contributed by atoms with E-state index in [-0.39, 0.29) is 31.1 Å². The Bertz CT molecular complexity index is 1370. The van der Waals surface area contributed by atoms with Crippen LogP contribution in [0.2, 0.25) is 0 Å². The molecule has 0 radical (unpaired) electrons. The van der Waals surface area contributed by atoms with Gasteiger partial charge in [0.15, 0.2) is 6.10 Å². The highest BCUT2D eigenvalue weighted by atomic mass is 16.6. The van der Waals surface area contributed by atoms with Gasteiger partial charge in [-0.15, -0.1) is 0 Å². The van der Waals surface area contributed by atoms with Crippen LogP contribution in [0.15, 0.2) is 85.1 Å². The number of hydrogen-bond donors (Lipinski definition) is 0. The molecule has 0 amide bonds. The molecule has 0 rings (SSSR count). The highest BCUT2D eigenvalue weighted by molar-refractivity contribution is 5.71. The SMILES string of the molecule is CC/C=C\C/C=C\C/C=C\C/C=C\CCCCCCC(=O)OC(COC(=O)CCCCCCCCC/C=C\CCCCCCCC)COC(=O)CCCCCCCCCCC/C=C\C/C=C\CCCCC. The van der Waals surface area contributed by atoms with Gasteiger partial charge in [-0.2, -0.15) is 0 Å². The Morgan fingerprint density at radius 3 is 0.901 bits per heavy atom. The summed E-state index contributed by atoms with van der Waals surface area (Å²) in [6, 6.07) is 0. The predicted octanol–water partition coefficient (Wildman–Crippen LogP) is 20.3. The standard InChI is InChI=1S/C65H112O6/c1-4-7-10-13-16-19-22-25-28-31-32-35-37-40-43-46-49-52-55-58-64(67)70-61-62(71-65(68)59-56-53-50-47-44-41-38-34-30-27-24-21-18-15-12-9-6-3)60-69-63(66)57-54-51-48-45-42-39-36-33-29-26-23-20-17-14-11-8-5-2/h9,12,16,18-19,21,25-30,38,41,62H,4-8,10-11,13-15,17,20,22-24,31-37,39-40,42-61H2,1-3H3/b12-9-,19-16-,21-18-,28-25-,29-26-,30-27-,41-38-. The molecule has 0 aromatic carbocycles. The maximum atomic E-state index is 12.9. The minimum absolute atomic E-state index is 0.0896. The van der Waals surface area contributed by atoms with E-state index in [4.69, 9.17) is 14.2 Å². The first kappa shape index (κ1) is 67.6. The maximum absolute atomic E-state index is 12.9. The lowest BCUT2D eigenvalue weighted by molar-refractivity contribution is -0.167. The van der Waals surface area contributed by atoms with E-state index in [9.17, 15) is 14.4 Å². The second-order valence-corrected chi connectivity index (χ2v) is 19.9. The van der Waals surface area contributed by atoms with E-state index in [1.807, 2.05) is 0 Å². The molecule has 0 aromatic heterocycles. The summed E-state index contributed by atoms with van der Waals surface area (Å²) in [4.78, 5) is 38.2. The second-order valence-electron chi connectivity index (χ2n) is 19.9. The first-order chi connectivity index (χ1) is 35.0. The molecule has 408 valence electrons. The molecule has 0 aromatic rings. The average molecular weight is 990 g/mol. The van der Waals surface area contributed by atoms with Gasteiger partial charge in [0.05, 0.1) is 0 Å². The van der Waals surface area contributed by atoms with Crippen molar-refractivity contribution in [3.05, 3.63) is 85.1 Å². The van der Waals surface area contributed by atoms with Crippen LogP contribution < -0.4 is 0 Å². The first-order valence-corrected chi connectivity index (χ1v) is 30.1. The molecule has 0 spiro atoms. The van der Waals surface area contributed by atoms with Crippen molar-refractivity contribution in [2.75, 3.05) is 13.2 Å². The number of carbonyl (C=O) groups excluding carboxylic acids is 3. The lowest BCUT2D eigenvalue weighted by Gasteiger charge is -2.18. The van der Waals surface area contributed by atoms with Gasteiger partial charge in [-0.3, -0.25) is 14.4 Å². The second kappa shape index (κ2) is 59.2. The van der Waals surface area contributed by atoms with Crippen LogP contribution >= 0.6 is 0 Å². The minimum Gasteiger partial charge on any atom is -0.462 e. The Morgan fingerprint density at radius 1 is 0.296 bits per heavy atom. The normalized spacial score (nSPS) is 12.7. The number of allylic oxidation sites excluding steroid dienone is 14. The zero-order chi connectivity index (χ0) is 51.4. The van der Waals surface area contributed by atoms with E-state index in [0.29, 0.717) is 19.3 Å². The van der Waals surface area contributed by atoms with Crippen molar-refractivity contribution >= 4 is 17.9 Å². The molecule has 6 heteroatoms. The summed E-state index contributed by atoms with van der Waals surface area (Å²) in [5.74, 6) is -0.913. The van der Waals surface area contributed by atoms with Crippen LogP contribution in [0.25, 0.3) is 0 Å². The molecule has 71 heavy (non-hydrogen) atoms. The van der Waals surface area contributed by atoms with Crippen LogP contribution in [0.5, 0.6) is 0 Å². The van der Waals surface area contributed by atoms with Crippen molar-refractivity contribution in [3.8, 4) is 0 Å². The summed E-state index contributed by atoms with van der Waals surface area (Å²) >= 11 is 0. The van der Waals surface area contributed by atoms with Crippen molar-refractivity contribution < 1.29 is 28.6 Å². The van der Waals surface area contributed by atoms with Crippen molar-refractivity contribution in [2.24, 2.45) is 0 Å². The van der Waals surface area contributed by atoms with Crippen molar-refractivity contribution in [3.63, 3.8) is 0 Å². The summed E-state index contributed by atoms with van der Waals surface area (Å²) < 4.78 is 16.9. The molecule has 1 unspecified atom stereocenters. The summed E-state index contributed by atoms with van der Waals surface area (Å²) in [5, 5.41) is 0. The molecule has 1 atom stereocenters. The molecule has 0 fully saturated rings. The third kappa shape index (κ3) is 57.4. The van der Waals surface area contributed by atoms with E-state index in [2.05, 4.69) is 106 Å². The van der Waals surface area contributed by atoms with E-state index < -0.39 is 6.10 Å². The molecule has 0 heterocycles. The molecule has 0 aliphatic rings. The summed E-state index contributed by atoms with van der Waals surface area (Å²) in [5.41, 5.74) is 0. The van der Waals surface area contributed by atoms with Gasteiger partial charge in [0.25, 0.3) is 0 Å². The average Bonchev–Trinajstić information content (AvgIpc) is 3.37. The van der Waals surface area contributed by atoms with Gasteiger partial charge in [0.2, 0.25) is 0 Å². The van der Waals surface area contributed by atoms with E-state index in [1.54, 1.807) is 0 Å². The fraction of sp³-hybridized carbons (Fsp3) is 0.738. The van der Waals surface area contributed by atoms with Gasteiger partial charge in [-0.1, -0.05) is 241 Å². The van der Waals surface area contributed by atoms with Crippen LogP contribution in [0, 0.1) is 0 Å². The van der Waals surface area contributed by atoms with Crippen LogP contribution in [-0.2, 0) is 28.6 Å². The van der Waals surface area contributed by atoms with Gasteiger partial charge >= 0.3 is 17.9 Å². The van der Waals surface area contributed by atoms with Gasteiger partial charge in [0.1, 0.15) is 13.2 Å². The Labute approximate surface area is 439 Å². The molecule has 0 bridgehead atoms. The summed E-state index contributed by atoms with van der Waals surface area (Å²) in [6.45, 7) is 6.49. The van der Waals surface area contributed by atoms with Crippen molar-refractivity contribution in [1.29, 1.82) is 0 Å². The largest absolute Gasteiger partial charge is 0.462 e.